The second-order valence-corrected chi connectivity index (χ2v) is 6.02. The molecule has 0 rings (SSSR count). The molecule has 0 radical (unpaired) electrons. The Morgan fingerprint density at radius 3 is 2.17 bits per heavy atom. The summed E-state index contributed by atoms with van der Waals surface area (Å²) in [6.07, 6.45) is 13.2. The van der Waals surface area contributed by atoms with Crippen molar-refractivity contribution in [1.29, 1.82) is 0 Å². The average molecular weight is 318 g/mol. The van der Waals surface area contributed by atoms with Crippen LogP contribution in [0.4, 0.5) is 0 Å². The van der Waals surface area contributed by atoms with Gasteiger partial charge in [0.1, 0.15) is 0 Å². The highest BCUT2D eigenvalue weighted by molar-refractivity contribution is 5.87. The van der Waals surface area contributed by atoms with Crippen molar-refractivity contribution in [3.63, 3.8) is 0 Å². The Labute approximate surface area is 140 Å². The Bertz CT molecular complexity index is 517. The zero-order valence-electron chi connectivity index (χ0n) is 14.9. The molecule has 3 heteroatoms. The van der Waals surface area contributed by atoms with Crippen molar-refractivity contribution in [2.24, 2.45) is 0 Å². The van der Waals surface area contributed by atoms with Gasteiger partial charge in [-0.3, -0.25) is 4.79 Å². The largest absolute Gasteiger partial charge is 0.393 e. The lowest BCUT2D eigenvalue weighted by Crippen LogP contribution is -2.13. The van der Waals surface area contributed by atoms with Crippen LogP contribution in [-0.4, -0.2) is 28.2 Å². The molecule has 0 aromatic heterocycles. The summed E-state index contributed by atoms with van der Waals surface area (Å²) in [7, 11) is 0. The van der Waals surface area contributed by atoms with Crippen molar-refractivity contribution in [3.8, 4) is 0 Å². The third kappa shape index (κ3) is 13.7. The lowest BCUT2D eigenvalue weighted by atomic mass is 10.1. The van der Waals surface area contributed by atoms with E-state index in [0.717, 1.165) is 16.7 Å². The molecule has 2 N–H and O–H groups in total. The summed E-state index contributed by atoms with van der Waals surface area (Å²) in [5.41, 5.74) is 3.18. The summed E-state index contributed by atoms with van der Waals surface area (Å²) < 4.78 is 0. The van der Waals surface area contributed by atoms with Gasteiger partial charge >= 0.3 is 0 Å². The molecular weight excluding hydrogens is 288 g/mol. The van der Waals surface area contributed by atoms with Crippen molar-refractivity contribution in [3.05, 3.63) is 59.3 Å². The second-order valence-electron chi connectivity index (χ2n) is 6.02. The summed E-state index contributed by atoms with van der Waals surface area (Å²) in [6, 6.07) is 0. The number of carbonyl (C=O) groups excluding carboxylic acids is 1. The summed E-state index contributed by atoms with van der Waals surface area (Å²) >= 11 is 0. The van der Waals surface area contributed by atoms with Crippen LogP contribution in [0.5, 0.6) is 0 Å². The van der Waals surface area contributed by atoms with E-state index in [1.807, 2.05) is 51.2 Å². The van der Waals surface area contributed by atoms with E-state index >= 15 is 0 Å². The minimum absolute atomic E-state index is 0.0396. The Kier molecular flexibility index (Phi) is 10.9. The van der Waals surface area contributed by atoms with Gasteiger partial charge in [-0.05, 0) is 53.5 Å². The van der Waals surface area contributed by atoms with E-state index in [1.165, 1.54) is 6.92 Å². The normalized spacial score (nSPS) is 17.1. The predicted molar refractivity (Wildman–Crippen MR) is 97.2 cm³/mol. The molecule has 0 aromatic carbocycles. The molecule has 3 nitrogen and oxygen atoms in total. The Hall–Kier alpha value is -1.71. The standard InChI is InChI=1S/C20H30O3/c1-15(10-12-20(23)14-19(5)22)7-6-8-16(2)13-17(3)9-11-18(4)21/h6-11,13,19-20,22-23H,12,14H2,1-5H3/b7-6+,11-9+,15-10+,16-8+,17-13+/t19-,20+/m0/s1. The molecule has 0 heterocycles. The van der Waals surface area contributed by atoms with Crippen molar-refractivity contribution in [1.82, 2.24) is 0 Å². The highest BCUT2D eigenvalue weighted by Crippen LogP contribution is 2.07. The number of aliphatic hydroxyl groups is 2. The summed E-state index contributed by atoms with van der Waals surface area (Å²) in [6.45, 7) is 9.14. The van der Waals surface area contributed by atoms with E-state index in [0.29, 0.717) is 12.8 Å². The van der Waals surface area contributed by atoms with Crippen LogP contribution in [0.25, 0.3) is 0 Å². The molecule has 0 fully saturated rings. The Balaban J connectivity index is 4.53. The third-order valence-electron chi connectivity index (χ3n) is 3.08. The Morgan fingerprint density at radius 1 is 0.957 bits per heavy atom. The molecule has 0 amide bonds. The molecule has 128 valence electrons. The van der Waals surface area contributed by atoms with E-state index in [1.54, 1.807) is 19.1 Å². The van der Waals surface area contributed by atoms with Crippen molar-refractivity contribution in [2.45, 2.75) is 59.7 Å². The topological polar surface area (TPSA) is 57.5 Å². The molecule has 0 bridgehead atoms. The lowest BCUT2D eigenvalue weighted by Gasteiger charge is -2.09. The maximum Gasteiger partial charge on any atom is 0.152 e. The number of carbonyl (C=O) groups is 1. The molecule has 0 spiro atoms. The molecule has 0 aromatic rings. The number of allylic oxidation sites excluding steroid dienone is 9. The van der Waals surface area contributed by atoms with Crippen LogP contribution in [0, 0.1) is 0 Å². The van der Waals surface area contributed by atoms with Gasteiger partial charge in [-0.1, -0.05) is 53.2 Å². The zero-order chi connectivity index (χ0) is 17.8. The van der Waals surface area contributed by atoms with E-state index < -0.39 is 12.2 Å². The van der Waals surface area contributed by atoms with Crippen LogP contribution in [0.2, 0.25) is 0 Å². The van der Waals surface area contributed by atoms with Gasteiger partial charge in [0.05, 0.1) is 12.2 Å². The van der Waals surface area contributed by atoms with Crippen LogP contribution < -0.4 is 0 Å². The number of hydrogen-bond donors (Lipinski definition) is 2. The molecular formula is C20H30O3. The maximum atomic E-state index is 10.9. The van der Waals surface area contributed by atoms with Gasteiger partial charge in [-0.15, -0.1) is 0 Å². The first kappa shape index (κ1) is 21.3. The molecule has 0 saturated carbocycles. The van der Waals surface area contributed by atoms with E-state index in [4.69, 9.17) is 0 Å². The SMILES string of the molecule is CC(=O)/C=C/C(C)=C/C(C)=C/C=C/C(C)=C/C[C@@H](O)C[C@H](C)O. The van der Waals surface area contributed by atoms with Crippen LogP contribution in [-0.2, 0) is 4.79 Å². The maximum absolute atomic E-state index is 10.9. The summed E-state index contributed by atoms with van der Waals surface area (Å²) in [5.74, 6) is 0.0396. The van der Waals surface area contributed by atoms with Gasteiger partial charge in [0.25, 0.3) is 0 Å². The number of aliphatic hydroxyl groups excluding tert-OH is 2. The van der Waals surface area contributed by atoms with Crippen LogP contribution in [0.15, 0.2) is 59.3 Å². The zero-order valence-corrected chi connectivity index (χ0v) is 14.9. The fourth-order valence-corrected chi connectivity index (χ4v) is 1.94. The molecule has 0 aliphatic carbocycles. The summed E-state index contributed by atoms with van der Waals surface area (Å²) in [4.78, 5) is 10.9. The van der Waals surface area contributed by atoms with Gasteiger partial charge in [-0.25, -0.2) is 0 Å². The fraction of sp³-hybridized carbons (Fsp3) is 0.450. The minimum Gasteiger partial charge on any atom is -0.393 e. The van der Waals surface area contributed by atoms with E-state index in [9.17, 15) is 15.0 Å². The second kappa shape index (κ2) is 11.8. The molecule has 2 atom stereocenters. The van der Waals surface area contributed by atoms with Crippen LogP contribution >= 0.6 is 0 Å². The first-order valence-corrected chi connectivity index (χ1v) is 7.95. The van der Waals surface area contributed by atoms with Crippen molar-refractivity contribution in [2.75, 3.05) is 0 Å². The van der Waals surface area contributed by atoms with E-state index in [-0.39, 0.29) is 5.78 Å². The van der Waals surface area contributed by atoms with E-state index in [2.05, 4.69) is 0 Å². The average Bonchev–Trinajstić information content (AvgIpc) is 2.42. The van der Waals surface area contributed by atoms with Crippen LogP contribution in [0.1, 0.15) is 47.5 Å². The molecule has 0 aliphatic rings. The quantitative estimate of drug-likeness (QED) is 0.498. The number of rotatable bonds is 9. The predicted octanol–water partition coefficient (Wildman–Crippen LogP) is 4.05. The monoisotopic (exact) mass is 318 g/mol. The first-order chi connectivity index (χ1) is 10.7. The summed E-state index contributed by atoms with van der Waals surface area (Å²) in [5, 5.41) is 18.9. The van der Waals surface area contributed by atoms with Crippen molar-refractivity contribution < 1.29 is 15.0 Å². The van der Waals surface area contributed by atoms with Crippen molar-refractivity contribution >= 4 is 5.78 Å². The number of ketones is 1. The smallest absolute Gasteiger partial charge is 0.152 e. The van der Waals surface area contributed by atoms with Gasteiger partial charge in [0.2, 0.25) is 0 Å². The Morgan fingerprint density at radius 2 is 1.61 bits per heavy atom. The minimum atomic E-state index is -0.505. The highest BCUT2D eigenvalue weighted by Gasteiger charge is 2.05. The van der Waals surface area contributed by atoms with Gasteiger partial charge in [-0.2, -0.15) is 0 Å². The fourth-order valence-electron chi connectivity index (χ4n) is 1.94. The van der Waals surface area contributed by atoms with Gasteiger partial charge in [0, 0.05) is 0 Å². The molecule has 23 heavy (non-hydrogen) atoms. The molecule has 0 aliphatic heterocycles. The van der Waals surface area contributed by atoms with Gasteiger partial charge in [0.15, 0.2) is 5.78 Å². The number of hydrogen-bond acceptors (Lipinski definition) is 3. The highest BCUT2D eigenvalue weighted by atomic mass is 16.3. The molecule has 0 unspecified atom stereocenters. The first-order valence-electron chi connectivity index (χ1n) is 7.95. The van der Waals surface area contributed by atoms with Crippen LogP contribution in [0.3, 0.4) is 0 Å². The lowest BCUT2D eigenvalue weighted by molar-refractivity contribution is -0.112. The van der Waals surface area contributed by atoms with Gasteiger partial charge < -0.3 is 10.2 Å². The third-order valence-corrected chi connectivity index (χ3v) is 3.08. The molecule has 0 saturated heterocycles.